The molecule has 0 radical (unpaired) electrons. The summed E-state index contributed by atoms with van der Waals surface area (Å²) in [6, 6.07) is 20.0. The normalized spacial score (nSPS) is 10.6. The van der Waals surface area contributed by atoms with E-state index in [1.165, 1.54) is 0 Å². The van der Waals surface area contributed by atoms with E-state index in [1.807, 2.05) is 62.4 Å². The Morgan fingerprint density at radius 3 is 2.59 bits per heavy atom. The van der Waals surface area contributed by atoms with Gasteiger partial charge in [0.1, 0.15) is 17.0 Å². The van der Waals surface area contributed by atoms with Gasteiger partial charge in [0, 0.05) is 16.8 Å². The molecule has 1 amide bonds. The molecular weight excluding hydrogens is 450 g/mol. The van der Waals surface area contributed by atoms with Crippen LogP contribution in [0, 0.1) is 0 Å². The van der Waals surface area contributed by atoms with Crippen molar-refractivity contribution in [3.63, 3.8) is 0 Å². The molecule has 4 aromatic rings. The molecule has 1 aromatic heterocycles. The minimum absolute atomic E-state index is 0.180. The van der Waals surface area contributed by atoms with Crippen LogP contribution in [-0.2, 0) is 0 Å². The van der Waals surface area contributed by atoms with Gasteiger partial charge in [-0.15, -0.1) is 0 Å². The van der Waals surface area contributed by atoms with Crippen LogP contribution in [0.4, 0.5) is 5.69 Å². The maximum atomic E-state index is 12.6. The van der Waals surface area contributed by atoms with Crippen LogP contribution in [0.5, 0.6) is 11.5 Å². The summed E-state index contributed by atoms with van der Waals surface area (Å²) in [4.78, 5) is 17.2. The maximum absolute atomic E-state index is 12.6. The Labute approximate surface area is 203 Å². The van der Waals surface area contributed by atoms with Crippen molar-refractivity contribution in [2.45, 2.75) is 20.3 Å². The second-order valence-electron chi connectivity index (χ2n) is 7.44. The van der Waals surface area contributed by atoms with Crippen LogP contribution in [-0.4, -0.2) is 29.2 Å². The molecule has 0 atom stereocenters. The minimum atomic E-state index is -0.320. The fraction of sp³-hybridized carbons (Fsp3) is 0.192. The number of anilines is 1. The molecule has 0 aliphatic rings. The highest BCUT2D eigenvalue weighted by Crippen LogP contribution is 2.27. The van der Waals surface area contributed by atoms with Gasteiger partial charge in [-0.05, 0) is 86.2 Å². The van der Waals surface area contributed by atoms with Gasteiger partial charge < -0.3 is 19.2 Å². The van der Waals surface area contributed by atoms with Gasteiger partial charge in [0.25, 0.3) is 5.91 Å². The van der Waals surface area contributed by atoms with Crippen molar-refractivity contribution in [1.29, 1.82) is 0 Å². The Hall–Kier alpha value is -3.91. The lowest BCUT2D eigenvalue weighted by Gasteiger charge is -2.10. The predicted molar refractivity (Wildman–Crippen MR) is 137 cm³/mol. The van der Waals surface area contributed by atoms with Gasteiger partial charge in [0.15, 0.2) is 10.7 Å². The van der Waals surface area contributed by atoms with Crippen molar-refractivity contribution in [2.75, 3.05) is 18.5 Å². The molecule has 0 bridgehead atoms. The summed E-state index contributed by atoms with van der Waals surface area (Å²) in [6.07, 6.45) is 0.891. The lowest BCUT2D eigenvalue weighted by Crippen LogP contribution is -2.34. The number of rotatable bonds is 8. The van der Waals surface area contributed by atoms with E-state index < -0.39 is 0 Å². The Morgan fingerprint density at radius 2 is 1.82 bits per heavy atom. The number of fused-ring (bicyclic) bond motifs is 1. The summed E-state index contributed by atoms with van der Waals surface area (Å²) >= 11 is 5.32. The highest BCUT2D eigenvalue weighted by Gasteiger charge is 2.12. The molecule has 0 aliphatic heterocycles. The first kappa shape index (κ1) is 23.3. The third-order valence-corrected chi connectivity index (χ3v) is 5.06. The number of nitrogens with zero attached hydrogens (tertiary/aromatic N) is 1. The molecule has 7 nitrogen and oxygen atoms in total. The summed E-state index contributed by atoms with van der Waals surface area (Å²) in [5.41, 5.74) is 3.31. The third-order valence-electron chi connectivity index (χ3n) is 4.85. The Bertz CT molecular complexity index is 1300. The number of nitrogens with one attached hydrogen (secondary N) is 2. The zero-order chi connectivity index (χ0) is 23.9. The molecule has 0 aliphatic carbocycles. The smallest absolute Gasteiger partial charge is 0.257 e. The topological polar surface area (TPSA) is 85.6 Å². The van der Waals surface area contributed by atoms with Crippen LogP contribution < -0.4 is 20.1 Å². The van der Waals surface area contributed by atoms with Crippen LogP contribution in [0.2, 0.25) is 0 Å². The van der Waals surface area contributed by atoms with E-state index in [9.17, 15) is 4.79 Å². The molecule has 8 heteroatoms. The van der Waals surface area contributed by atoms with E-state index in [1.54, 1.807) is 18.2 Å². The van der Waals surface area contributed by atoms with Gasteiger partial charge in [-0.25, -0.2) is 4.98 Å². The van der Waals surface area contributed by atoms with Gasteiger partial charge in [0.05, 0.1) is 13.2 Å². The van der Waals surface area contributed by atoms with Crippen LogP contribution >= 0.6 is 12.2 Å². The molecule has 3 aromatic carbocycles. The summed E-state index contributed by atoms with van der Waals surface area (Å²) in [5, 5.41) is 5.90. The molecule has 4 rings (SSSR count). The number of ether oxygens (including phenoxy) is 2. The molecule has 0 saturated carbocycles. The molecular formula is C26H25N3O4S. The van der Waals surface area contributed by atoms with Gasteiger partial charge in [0.2, 0.25) is 5.89 Å². The summed E-state index contributed by atoms with van der Waals surface area (Å²) < 4.78 is 16.9. The number of amides is 1. The second kappa shape index (κ2) is 10.8. The molecule has 34 heavy (non-hydrogen) atoms. The Balaban J connectivity index is 1.42. The predicted octanol–water partition coefficient (Wildman–Crippen LogP) is 5.81. The molecule has 174 valence electrons. The number of aromatic nitrogens is 1. The zero-order valence-electron chi connectivity index (χ0n) is 19.0. The van der Waals surface area contributed by atoms with Crippen LogP contribution in [0.15, 0.2) is 71.1 Å². The molecule has 0 fully saturated rings. The van der Waals surface area contributed by atoms with Crippen LogP contribution in [0.3, 0.4) is 0 Å². The first-order valence-corrected chi connectivity index (χ1v) is 11.5. The van der Waals surface area contributed by atoms with Crippen LogP contribution in [0.1, 0.15) is 30.6 Å². The number of oxazole rings is 1. The van der Waals surface area contributed by atoms with Crippen molar-refractivity contribution in [1.82, 2.24) is 10.3 Å². The zero-order valence-corrected chi connectivity index (χ0v) is 19.8. The van der Waals surface area contributed by atoms with E-state index in [-0.39, 0.29) is 11.0 Å². The monoisotopic (exact) mass is 475 g/mol. The van der Waals surface area contributed by atoms with Gasteiger partial charge in [-0.1, -0.05) is 13.0 Å². The van der Waals surface area contributed by atoms with Crippen molar-refractivity contribution in [3.8, 4) is 23.0 Å². The lowest BCUT2D eigenvalue weighted by atomic mass is 10.2. The quantitative estimate of drug-likeness (QED) is 0.311. The number of carbonyl (C=O) groups excluding carboxylic acids is 1. The van der Waals surface area contributed by atoms with E-state index in [2.05, 4.69) is 15.6 Å². The summed E-state index contributed by atoms with van der Waals surface area (Å²) in [5.74, 6) is 1.63. The molecule has 0 spiro atoms. The summed E-state index contributed by atoms with van der Waals surface area (Å²) in [6.45, 7) is 5.17. The Kier molecular flexibility index (Phi) is 7.39. The first-order chi connectivity index (χ1) is 16.6. The molecule has 0 unspecified atom stereocenters. The maximum Gasteiger partial charge on any atom is 0.257 e. The van der Waals surface area contributed by atoms with E-state index >= 15 is 0 Å². The largest absolute Gasteiger partial charge is 0.494 e. The van der Waals surface area contributed by atoms with Gasteiger partial charge >= 0.3 is 0 Å². The SMILES string of the molecule is CCCOc1cccc(C(=O)NC(=S)Nc2ccc3oc(-c4ccc(OCC)cc4)nc3c2)c1. The van der Waals surface area contributed by atoms with Crippen molar-refractivity contribution >= 4 is 40.0 Å². The standard InChI is InChI=1S/C26H25N3O4S/c1-3-14-32-21-7-5-6-18(15-21)24(30)29-26(34)27-19-10-13-23-22(16-19)28-25(33-23)17-8-11-20(12-9-17)31-4-2/h5-13,15-16H,3-4,14H2,1-2H3,(H2,27,29,30,34). The number of thiocarbonyl (C=S) groups is 1. The van der Waals surface area contributed by atoms with Crippen molar-refractivity contribution in [2.24, 2.45) is 0 Å². The highest BCUT2D eigenvalue weighted by atomic mass is 32.1. The first-order valence-electron chi connectivity index (χ1n) is 11.0. The third kappa shape index (κ3) is 5.71. The average Bonchev–Trinajstić information content (AvgIpc) is 3.27. The number of hydrogen-bond acceptors (Lipinski definition) is 6. The summed E-state index contributed by atoms with van der Waals surface area (Å²) in [7, 11) is 0. The minimum Gasteiger partial charge on any atom is -0.494 e. The van der Waals surface area contributed by atoms with E-state index in [0.29, 0.717) is 47.2 Å². The highest BCUT2D eigenvalue weighted by molar-refractivity contribution is 7.80. The number of hydrogen-bond donors (Lipinski definition) is 2. The number of benzene rings is 3. The second-order valence-corrected chi connectivity index (χ2v) is 7.85. The van der Waals surface area contributed by atoms with Crippen molar-refractivity contribution in [3.05, 3.63) is 72.3 Å². The van der Waals surface area contributed by atoms with Gasteiger partial charge in [-0.2, -0.15) is 0 Å². The van der Waals surface area contributed by atoms with Crippen LogP contribution in [0.25, 0.3) is 22.6 Å². The van der Waals surface area contributed by atoms with E-state index in [0.717, 1.165) is 17.7 Å². The molecule has 0 saturated heterocycles. The lowest BCUT2D eigenvalue weighted by molar-refractivity contribution is 0.0977. The molecule has 2 N–H and O–H groups in total. The Morgan fingerprint density at radius 1 is 1.00 bits per heavy atom. The fourth-order valence-electron chi connectivity index (χ4n) is 3.27. The van der Waals surface area contributed by atoms with Gasteiger partial charge in [-0.3, -0.25) is 10.1 Å². The van der Waals surface area contributed by atoms with E-state index in [4.69, 9.17) is 26.1 Å². The average molecular weight is 476 g/mol. The number of carbonyl (C=O) groups is 1. The van der Waals surface area contributed by atoms with Crippen molar-refractivity contribution < 1.29 is 18.7 Å². The fourth-order valence-corrected chi connectivity index (χ4v) is 3.48. The molecule has 1 heterocycles.